The number of rotatable bonds is 21. The molecule has 1 saturated carbocycles. The van der Waals surface area contributed by atoms with Crippen LogP contribution in [0, 0.1) is 0 Å². The number of phosphoric ester groups is 1. The number of hydrogen-bond donors (Lipinski definition) is 6. The molecule has 1 rings (SSSR count). The van der Waals surface area contributed by atoms with Crippen molar-refractivity contribution >= 4 is 19.8 Å². The van der Waals surface area contributed by atoms with Crippen LogP contribution in [-0.2, 0) is 32.7 Å². The highest BCUT2D eigenvalue weighted by Gasteiger charge is 2.51. The second-order valence-electron chi connectivity index (χ2n) is 10.3. The molecule has 0 aromatic rings. The second kappa shape index (κ2) is 19.9. The van der Waals surface area contributed by atoms with E-state index in [-0.39, 0.29) is 12.8 Å². The summed E-state index contributed by atoms with van der Waals surface area (Å²) in [5, 5.41) is 49.3. The van der Waals surface area contributed by atoms with E-state index in [1.807, 2.05) is 0 Å². The summed E-state index contributed by atoms with van der Waals surface area (Å²) >= 11 is 0. The van der Waals surface area contributed by atoms with Gasteiger partial charge in [-0.15, -0.1) is 0 Å². The van der Waals surface area contributed by atoms with Gasteiger partial charge in [-0.1, -0.05) is 71.6 Å². The minimum absolute atomic E-state index is 0.0990. The van der Waals surface area contributed by atoms with Crippen molar-refractivity contribution < 1.29 is 63.1 Å². The van der Waals surface area contributed by atoms with Gasteiger partial charge in [0.05, 0.1) is 6.61 Å². The standard InChI is InChI=1S/C26H49O13P/c1-3-5-6-7-8-9-10-11-12-13-15-20(28)38-18(16-36-19(27)14-4-2)17-37-40(34,35)39-26-24(32)22(30)21(29)23(31)25(26)33/h18,21-26,29-33H,3-17H2,1-2H3,(H,34,35)/t18-,21?,22-,23+,24+,25-,26?/m0/s1. The van der Waals surface area contributed by atoms with Gasteiger partial charge in [0.15, 0.2) is 6.10 Å². The van der Waals surface area contributed by atoms with Crippen molar-refractivity contribution in [2.75, 3.05) is 13.2 Å². The number of hydrogen-bond acceptors (Lipinski definition) is 12. The molecule has 13 nitrogen and oxygen atoms in total. The van der Waals surface area contributed by atoms with Crippen molar-refractivity contribution in [1.29, 1.82) is 0 Å². The summed E-state index contributed by atoms with van der Waals surface area (Å²) in [5.74, 6) is -1.16. The average Bonchev–Trinajstić information content (AvgIpc) is 2.91. The van der Waals surface area contributed by atoms with Crippen LogP contribution in [0.1, 0.15) is 97.3 Å². The predicted molar refractivity (Wildman–Crippen MR) is 143 cm³/mol. The van der Waals surface area contributed by atoms with Crippen LogP contribution < -0.4 is 0 Å². The zero-order valence-corrected chi connectivity index (χ0v) is 24.5. The van der Waals surface area contributed by atoms with Crippen molar-refractivity contribution in [2.24, 2.45) is 0 Å². The molecule has 0 aromatic heterocycles. The maximum absolute atomic E-state index is 12.5. The van der Waals surface area contributed by atoms with Crippen LogP contribution in [0.2, 0.25) is 0 Å². The van der Waals surface area contributed by atoms with E-state index in [1.165, 1.54) is 32.1 Å². The van der Waals surface area contributed by atoms with Crippen LogP contribution in [0.4, 0.5) is 0 Å². The van der Waals surface area contributed by atoms with Crippen LogP contribution in [0.5, 0.6) is 0 Å². The number of aliphatic hydroxyl groups is 5. The number of unbranched alkanes of at least 4 members (excludes halogenated alkanes) is 9. The molecule has 0 bridgehead atoms. The van der Waals surface area contributed by atoms with Crippen molar-refractivity contribution in [3.05, 3.63) is 0 Å². The summed E-state index contributed by atoms with van der Waals surface area (Å²) in [4.78, 5) is 34.2. The zero-order valence-electron chi connectivity index (χ0n) is 23.6. The minimum Gasteiger partial charge on any atom is -0.462 e. The summed E-state index contributed by atoms with van der Waals surface area (Å²) in [5.41, 5.74) is 0. The molecule has 1 aliphatic carbocycles. The molecule has 8 atom stereocenters. The summed E-state index contributed by atoms with van der Waals surface area (Å²) < 4.78 is 32.5. The van der Waals surface area contributed by atoms with E-state index in [2.05, 4.69) is 6.92 Å². The van der Waals surface area contributed by atoms with Crippen molar-refractivity contribution in [2.45, 2.75) is 140 Å². The molecule has 1 aliphatic rings. The number of carbonyl (C=O) groups excluding carboxylic acids is 2. The topological polar surface area (TPSA) is 210 Å². The largest absolute Gasteiger partial charge is 0.472 e. The molecule has 0 spiro atoms. The van der Waals surface area contributed by atoms with Gasteiger partial charge in [-0.05, 0) is 12.8 Å². The first-order chi connectivity index (χ1) is 18.9. The van der Waals surface area contributed by atoms with E-state index in [0.29, 0.717) is 12.8 Å². The number of carbonyl (C=O) groups is 2. The lowest BCUT2D eigenvalue weighted by molar-refractivity contribution is -0.220. The van der Waals surface area contributed by atoms with Gasteiger partial charge in [-0.25, -0.2) is 4.57 Å². The Morgan fingerprint density at radius 1 is 0.675 bits per heavy atom. The summed E-state index contributed by atoms with van der Waals surface area (Å²) in [6.45, 7) is 2.78. The third kappa shape index (κ3) is 14.2. The highest BCUT2D eigenvalue weighted by atomic mass is 31.2. The molecule has 0 radical (unpaired) electrons. The number of phosphoric acid groups is 1. The predicted octanol–water partition coefficient (Wildman–Crippen LogP) is 1.87. The smallest absolute Gasteiger partial charge is 0.462 e. The molecule has 40 heavy (non-hydrogen) atoms. The molecule has 0 aliphatic heterocycles. The monoisotopic (exact) mass is 600 g/mol. The highest BCUT2D eigenvalue weighted by Crippen LogP contribution is 2.47. The number of ether oxygens (including phenoxy) is 2. The van der Waals surface area contributed by atoms with Gasteiger partial charge in [0.1, 0.15) is 43.2 Å². The first-order valence-corrected chi connectivity index (χ1v) is 15.8. The molecule has 1 fully saturated rings. The molecule has 0 saturated heterocycles. The van der Waals surface area contributed by atoms with Crippen LogP contribution in [0.15, 0.2) is 0 Å². The maximum Gasteiger partial charge on any atom is 0.472 e. The van der Waals surface area contributed by atoms with Crippen molar-refractivity contribution in [3.8, 4) is 0 Å². The molecule has 236 valence electrons. The van der Waals surface area contributed by atoms with E-state index in [9.17, 15) is 44.6 Å². The normalized spacial score (nSPS) is 27.1. The van der Waals surface area contributed by atoms with Crippen LogP contribution in [-0.4, -0.2) is 98.3 Å². The lowest BCUT2D eigenvalue weighted by atomic mass is 9.85. The lowest BCUT2D eigenvalue weighted by Gasteiger charge is -2.41. The fraction of sp³-hybridized carbons (Fsp3) is 0.923. The Hall–Kier alpha value is -1.15. The maximum atomic E-state index is 12.5. The van der Waals surface area contributed by atoms with E-state index in [0.717, 1.165) is 25.7 Å². The molecule has 0 aromatic carbocycles. The third-order valence-electron chi connectivity index (χ3n) is 6.67. The highest BCUT2D eigenvalue weighted by molar-refractivity contribution is 7.47. The number of esters is 2. The van der Waals surface area contributed by atoms with Crippen molar-refractivity contribution in [3.63, 3.8) is 0 Å². The Kier molecular flexibility index (Phi) is 18.3. The van der Waals surface area contributed by atoms with Crippen LogP contribution in [0.25, 0.3) is 0 Å². The van der Waals surface area contributed by atoms with E-state index >= 15 is 0 Å². The number of aliphatic hydroxyl groups excluding tert-OH is 5. The second-order valence-corrected chi connectivity index (χ2v) is 11.7. The first-order valence-electron chi connectivity index (χ1n) is 14.3. The Morgan fingerprint density at radius 2 is 1.18 bits per heavy atom. The summed E-state index contributed by atoms with van der Waals surface area (Å²) in [6.07, 6.45) is -1.53. The van der Waals surface area contributed by atoms with Gasteiger partial charge in [-0.2, -0.15) is 0 Å². The van der Waals surface area contributed by atoms with E-state index in [1.54, 1.807) is 6.92 Å². The van der Waals surface area contributed by atoms with Gasteiger partial charge >= 0.3 is 19.8 Å². The molecule has 3 unspecified atom stereocenters. The average molecular weight is 601 g/mol. The zero-order chi connectivity index (χ0) is 30.1. The molecule has 6 N–H and O–H groups in total. The third-order valence-corrected chi connectivity index (χ3v) is 7.65. The van der Waals surface area contributed by atoms with E-state index < -0.39 is 75.7 Å². The quantitative estimate of drug-likeness (QED) is 0.0632. The van der Waals surface area contributed by atoms with Crippen molar-refractivity contribution in [1.82, 2.24) is 0 Å². The Balaban J connectivity index is 2.56. The molecular formula is C26H49O13P. The summed E-state index contributed by atoms with van der Waals surface area (Å²) in [6, 6.07) is 0. The molecule has 0 amide bonds. The fourth-order valence-corrected chi connectivity index (χ4v) is 5.24. The van der Waals surface area contributed by atoms with Gasteiger partial charge in [0.25, 0.3) is 0 Å². The van der Waals surface area contributed by atoms with Gasteiger partial charge in [0.2, 0.25) is 0 Å². The van der Waals surface area contributed by atoms with Gasteiger partial charge in [0, 0.05) is 12.8 Å². The van der Waals surface area contributed by atoms with E-state index in [4.69, 9.17) is 18.5 Å². The van der Waals surface area contributed by atoms with Crippen LogP contribution >= 0.6 is 7.82 Å². The molecular weight excluding hydrogens is 551 g/mol. The lowest BCUT2D eigenvalue weighted by Crippen LogP contribution is -2.64. The summed E-state index contributed by atoms with van der Waals surface area (Å²) in [7, 11) is -5.07. The Labute approximate surface area is 236 Å². The van der Waals surface area contributed by atoms with Gasteiger partial charge in [-0.3, -0.25) is 18.6 Å². The molecule has 0 heterocycles. The minimum atomic E-state index is -5.07. The van der Waals surface area contributed by atoms with Gasteiger partial charge < -0.3 is 39.9 Å². The fourth-order valence-electron chi connectivity index (χ4n) is 4.26. The molecule has 14 heteroatoms. The van der Waals surface area contributed by atoms with Crippen LogP contribution in [0.3, 0.4) is 0 Å². The SMILES string of the molecule is CCCCCCCCCCCCC(=O)O[C@@H](COC(=O)CCC)COP(=O)(O)OC1[C@@H](O)[C@H](O)C(O)[C@H](O)[C@H]1O. The Morgan fingerprint density at radius 3 is 1.70 bits per heavy atom. The first kappa shape index (κ1) is 36.9. The Bertz CT molecular complexity index is 751.